The number of rotatable bonds is 4. The van der Waals surface area contributed by atoms with E-state index in [1.807, 2.05) is 6.07 Å². The van der Waals surface area contributed by atoms with Gasteiger partial charge in [-0.05, 0) is 31.2 Å². The van der Waals surface area contributed by atoms with Crippen molar-refractivity contribution in [2.75, 3.05) is 13.2 Å². The maximum Gasteiger partial charge on any atom is 0.251 e. The van der Waals surface area contributed by atoms with Crippen molar-refractivity contribution in [3.63, 3.8) is 0 Å². The van der Waals surface area contributed by atoms with E-state index in [1.165, 1.54) is 31.2 Å². The lowest BCUT2D eigenvalue weighted by molar-refractivity contribution is 0.0724. The van der Waals surface area contributed by atoms with E-state index in [1.54, 1.807) is 0 Å². The Morgan fingerprint density at radius 3 is 2.29 bits per heavy atom. The number of nitrogens with one attached hydrogen (secondary N) is 1. The normalized spacial score (nSPS) is 10.7. The number of benzene rings is 1. The largest absolute Gasteiger partial charge is 0.394 e. The Morgan fingerprint density at radius 1 is 1.35 bits per heavy atom. The van der Waals surface area contributed by atoms with Gasteiger partial charge in [-0.2, -0.15) is 5.26 Å². The standard InChI is InChI=1S/C12H14N2O3/c1-12(7-15,8-16)14-11(17)10-4-2-9(6-13)3-5-10/h2-5,15-16H,7-8H2,1H3,(H,14,17). The van der Waals surface area contributed by atoms with Gasteiger partial charge in [-0.1, -0.05) is 0 Å². The summed E-state index contributed by atoms with van der Waals surface area (Å²) in [7, 11) is 0. The van der Waals surface area contributed by atoms with Gasteiger partial charge < -0.3 is 15.5 Å². The number of hydrogen-bond donors (Lipinski definition) is 3. The first-order valence-corrected chi connectivity index (χ1v) is 5.09. The Morgan fingerprint density at radius 2 is 1.88 bits per heavy atom. The lowest BCUT2D eigenvalue weighted by Gasteiger charge is -2.26. The Kier molecular flexibility index (Phi) is 4.21. The van der Waals surface area contributed by atoms with E-state index in [0.29, 0.717) is 11.1 Å². The minimum absolute atomic E-state index is 0.356. The Bertz CT molecular complexity index is 430. The number of hydrogen-bond acceptors (Lipinski definition) is 4. The summed E-state index contributed by atoms with van der Waals surface area (Å²) in [6, 6.07) is 8.05. The highest BCUT2D eigenvalue weighted by atomic mass is 16.3. The molecule has 1 rings (SSSR count). The third-order valence-electron chi connectivity index (χ3n) is 2.39. The summed E-state index contributed by atoms with van der Waals surface area (Å²) in [6.45, 7) is 0.825. The third kappa shape index (κ3) is 3.28. The second-order valence-electron chi connectivity index (χ2n) is 4.02. The van der Waals surface area contributed by atoms with Gasteiger partial charge in [-0.3, -0.25) is 4.79 Å². The molecule has 1 aromatic carbocycles. The van der Waals surface area contributed by atoms with Crippen LogP contribution in [0.5, 0.6) is 0 Å². The highest BCUT2D eigenvalue weighted by Crippen LogP contribution is 2.07. The lowest BCUT2D eigenvalue weighted by atomic mass is 10.0. The zero-order valence-electron chi connectivity index (χ0n) is 9.47. The molecule has 1 amide bonds. The first-order chi connectivity index (χ1) is 8.04. The van der Waals surface area contributed by atoms with Gasteiger partial charge >= 0.3 is 0 Å². The molecule has 0 aromatic heterocycles. The number of amides is 1. The van der Waals surface area contributed by atoms with E-state index in [0.717, 1.165) is 0 Å². The summed E-state index contributed by atoms with van der Waals surface area (Å²) < 4.78 is 0. The number of carbonyl (C=O) groups excluding carboxylic acids is 1. The number of aliphatic hydroxyl groups excluding tert-OH is 2. The number of carbonyl (C=O) groups is 1. The van der Waals surface area contributed by atoms with Gasteiger partial charge in [-0.15, -0.1) is 0 Å². The van der Waals surface area contributed by atoms with Crippen molar-refractivity contribution >= 4 is 5.91 Å². The summed E-state index contributed by atoms with van der Waals surface area (Å²) in [5, 5.41) is 29.2. The van der Waals surface area contributed by atoms with E-state index in [9.17, 15) is 4.79 Å². The van der Waals surface area contributed by atoms with Gasteiger partial charge in [0.25, 0.3) is 5.91 Å². The predicted molar refractivity (Wildman–Crippen MR) is 61.2 cm³/mol. The van der Waals surface area contributed by atoms with Gasteiger partial charge in [0.15, 0.2) is 0 Å². The van der Waals surface area contributed by atoms with Crippen LogP contribution >= 0.6 is 0 Å². The fourth-order valence-corrected chi connectivity index (χ4v) is 1.17. The van der Waals surface area contributed by atoms with Crippen LogP contribution in [-0.2, 0) is 0 Å². The van der Waals surface area contributed by atoms with Crippen LogP contribution in [-0.4, -0.2) is 34.9 Å². The molecule has 0 bridgehead atoms. The maximum absolute atomic E-state index is 11.8. The highest BCUT2D eigenvalue weighted by Gasteiger charge is 2.24. The SMILES string of the molecule is CC(CO)(CO)NC(=O)c1ccc(C#N)cc1. The highest BCUT2D eigenvalue weighted by molar-refractivity contribution is 5.94. The third-order valence-corrected chi connectivity index (χ3v) is 2.39. The van der Waals surface area contributed by atoms with Crippen molar-refractivity contribution < 1.29 is 15.0 Å². The van der Waals surface area contributed by atoms with Crippen molar-refractivity contribution in [1.29, 1.82) is 5.26 Å². The van der Waals surface area contributed by atoms with Crippen LogP contribution < -0.4 is 5.32 Å². The lowest BCUT2D eigenvalue weighted by Crippen LogP contribution is -2.51. The molecule has 3 N–H and O–H groups in total. The van der Waals surface area contributed by atoms with Crippen LogP contribution in [0.4, 0.5) is 0 Å². The van der Waals surface area contributed by atoms with Gasteiger partial charge in [-0.25, -0.2) is 0 Å². The zero-order chi connectivity index (χ0) is 12.9. The molecule has 90 valence electrons. The van der Waals surface area contributed by atoms with Crippen molar-refractivity contribution in [2.24, 2.45) is 0 Å². The smallest absolute Gasteiger partial charge is 0.251 e. The number of aliphatic hydroxyl groups is 2. The maximum atomic E-state index is 11.8. The Hall–Kier alpha value is -1.90. The van der Waals surface area contributed by atoms with Gasteiger partial charge in [0.1, 0.15) is 0 Å². The molecule has 1 aromatic rings. The van der Waals surface area contributed by atoms with Crippen LogP contribution in [0.1, 0.15) is 22.8 Å². The quantitative estimate of drug-likeness (QED) is 0.685. The summed E-state index contributed by atoms with van der Waals surface area (Å²) >= 11 is 0. The van der Waals surface area contributed by atoms with E-state index in [-0.39, 0.29) is 13.2 Å². The van der Waals surface area contributed by atoms with Gasteiger partial charge in [0.05, 0.1) is 30.4 Å². The average molecular weight is 234 g/mol. The molecule has 0 unspecified atom stereocenters. The fraction of sp³-hybridized carbons (Fsp3) is 0.333. The molecule has 17 heavy (non-hydrogen) atoms. The van der Waals surface area contributed by atoms with Crippen molar-refractivity contribution in [1.82, 2.24) is 5.32 Å². The molecule has 5 nitrogen and oxygen atoms in total. The molecular formula is C12H14N2O3. The number of nitriles is 1. The average Bonchev–Trinajstić information content (AvgIpc) is 2.38. The van der Waals surface area contributed by atoms with E-state index < -0.39 is 11.4 Å². The van der Waals surface area contributed by atoms with Crippen LogP contribution in [0.2, 0.25) is 0 Å². The molecule has 0 atom stereocenters. The molecule has 0 saturated carbocycles. The van der Waals surface area contributed by atoms with Crippen LogP contribution in [0.3, 0.4) is 0 Å². The first-order valence-electron chi connectivity index (χ1n) is 5.09. The monoisotopic (exact) mass is 234 g/mol. The minimum Gasteiger partial charge on any atom is -0.394 e. The predicted octanol–water partition coefficient (Wildman–Crippen LogP) is 0.0314. The molecule has 0 aliphatic heterocycles. The van der Waals surface area contributed by atoms with Gasteiger partial charge in [0.2, 0.25) is 0 Å². The van der Waals surface area contributed by atoms with Crippen LogP contribution in [0.15, 0.2) is 24.3 Å². The minimum atomic E-state index is -1.05. The van der Waals surface area contributed by atoms with Crippen molar-refractivity contribution in [2.45, 2.75) is 12.5 Å². The topological polar surface area (TPSA) is 93.3 Å². The van der Waals surface area contributed by atoms with E-state index in [4.69, 9.17) is 15.5 Å². The van der Waals surface area contributed by atoms with E-state index >= 15 is 0 Å². The molecule has 0 fully saturated rings. The van der Waals surface area contributed by atoms with Gasteiger partial charge in [0, 0.05) is 5.56 Å². The zero-order valence-corrected chi connectivity index (χ0v) is 9.47. The molecule has 0 saturated heterocycles. The summed E-state index contributed by atoms with van der Waals surface area (Å²) in [5.41, 5.74) is -0.212. The summed E-state index contributed by atoms with van der Waals surface area (Å²) in [6.07, 6.45) is 0. The van der Waals surface area contributed by atoms with Crippen LogP contribution in [0.25, 0.3) is 0 Å². The Labute approximate surface area is 99.3 Å². The molecule has 0 heterocycles. The molecule has 0 radical (unpaired) electrons. The second kappa shape index (κ2) is 5.43. The summed E-state index contributed by atoms with van der Waals surface area (Å²) in [4.78, 5) is 11.8. The van der Waals surface area contributed by atoms with Crippen molar-refractivity contribution in [3.8, 4) is 6.07 Å². The number of nitrogens with zero attached hydrogens (tertiary/aromatic N) is 1. The van der Waals surface area contributed by atoms with Crippen LogP contribution in [0, 0.1) is 11.3 Å². The molecule has 0 aliphatic carbocycles. The fourth-order valence-electron chi connectivity index (χ4n) is 1.17. The first kappa shape index (κ1) is 13.2. The Balaban J connectivity index is 2.80. The molecule has 0 aliphatic rings. The summed E-state index contributed by atoms with van der Waals surface area (Å²) in [5.74, 6) is -0.403. The molecule has 0 spiro atoms. The molecule has 5 heteroatoms. The second-order valence-corrected chi connectivity index (χ2v) is 4.02. The van der Waals surface area contributed by atoms with Crippen molar-refractivity contribution in [3.05, 3.63) is 35.4 Å². The van der Waals surface area contributed by atoms with E-state index in [2.05, 4.69) is 5.32 Å². The molecular weight excluding hydrogens is 220 g/mol.